The summed E-state index contributed by atoms with van der Waals surface area (Å²) in [5, 5.41) is 0.548. The molecule has 7 heteroatoms. The predicted octanol–water partition coefficient (Wildman–Crippen LogP) is 4.85. The Labute approximate surface area is 202 Å². The summed E-state index contributed by atoms with van der Waals surface area (Å²) in [6.07, 6.45) is 0.835. The number of anilines is 1. The summed E-state index contributed by atoms with van der Waals surface area (Å²) < 4.78 is 6.94. The lowest BCUT2D eigenvalue weighted by molar-refractivity contribution is -0.118. The Bertz CT molecular complexity index is 1450. The summed E-state index contributed by atoms with van der Waals surface area (Å²) in [4.78, 5) is 33.8. The van der Waals surface area contributed by atoms with Crippen molar-refractivity contribution in [1.82, 2.24) is 9.55 Å². The molecule has 1 aliphatic rings. The van der Waals surface area contributed by atoms with E-state index in [-0.39, 0.29) is 17.5 Å². The lowest BCUT2D eigenvalue weighted by atomic mass is 10.1. The first kappa shape index (κ1) is 22.2. The highest BCUT2D eigenvalue weighted by Crippen LogP contribution is 2.35. The number of carbonyl (C=O) groups excluding carboxylic acids is 1. The number of aromatic nitrogens is 2. The molecule has 1 amide bonds. The Hall–Kier alpha value is -3.58. The number of hydrogen-bond acceptors (Lipinski definition) is 5. The molecule has 5 rings (SSSR count). The maximum absolute atomic E-state index is 13.6. The van der Waals surface area contributed by atoms with Gasteiger partial charge >= 0.3 is 0 Å². The van der Waals surface area contributed by atoms with Crippen LogP contribution in [0.3, 0.4) is 0 Å². The van der Waals surface area contributed by atoms with Gasteiger partial charge in [0.2, 0.25) is 5.91 Å². The average Bonchev–Trinajstić information content (AvgIpc) is 3.19. The quantitative estimate of drug-likeness (QED) is 0.307. The van der Waals surface area contributed by atoms with Crippen LogP contribution in [-0.2, 0) is 11.2 Å². The molecule has 1 aliphatic heterocycles. The minimum atomic E-state index is -0.446. The fraction of sp³-hybridized carbons (Fsp3) is 0.222. The fourth-order valence-electron chi connectivity index (χ4n) is 4.47. The molecule has 0 saturated carbocycles. The minimum absolute atomic E-state index is 0.00190. The van der Waals surface area contributed by atoms with Gasteiger partial charge in [0.25, 0.3) is 5.56 Å². The van der Waals surface area contributed by atoms with E-state index in [4.69, 9.17) is 9.72 Å². The number of amides is 1. The lowest BCUT2D eigenvalue weighted by Crippen LogP contribution is -2.40. The van der Waals surface area contributed by atoms with Gasteiger partial charge in [-0.2, -0.15) is 0 Å². The molecular weight excluding hydrogens is 446 g/mol. The van der Waals surface area contributed by atoms with Crippen LogP contribution in [0, 0.1) is 0 Å². The minimum Gasteiger partial charge on any atom is -0.497 e. The van der Waals surface area contributed by atoms with Crippen molar-refractivity contribution in [2.45, 2.75) is 36.7 Å². The van der Waals surface area contributed by atoms with Gasteiger partial charge < -0.3 is 9.64 Å². The molecule has 6 nitrogen and oxygen atoms in total. The van der Waals surface area contributed by atoms with E-state index in [1.54, 1.807) is 23.8 Å². The average molecular weight is 472 g/mol. The number of benzene rings is 3. The van der Waals surface area contributed by atoms with Crippen molar-refractivity contribution >= 4 is 34.3 Å². The van der Waals surface area contributed by atoms with Gasteiger partial charge in [0.15, 0.2) is 5.16 Å². The van der Waals surface area contributed by atoms with Crippen LogP contribution in [0.25, 0.3) is 16.6 Å². The van der Waals surface area contributed by atoms with Crippen molar-refractivity contribution in [3.05, 3.63) is 88.7 Å². The van der Waals surface area contributed by atoms with Crippen molar-refractivity contribution in [3.63, 3.8) is 0 Å². The number of ether oxygens (including phenoxy) is 1. The number of nitrogens with zero attached hydrogens (tertiary/aromatic N) is 3. The lowest BCUT2D eigenvalue weighted by Gasteiger charge is -2.26. The summed E-state index contributed by atoms with van der Waals surface area (Å²) >= 11 is 1.30. The third-order valence-electron chi connectivity index (χ3n) is 6.13. The normalized spacial score (nSPS) is 15.9. The molecule has 1 aromatic heterocycles. The molecule has 0 bridgehead atoms. The van der Waals surface area contributed by atoms with Gasteiger partial charge in [0.1, 0.15) is 5.75 Å². The maximum Gasteiger partial charge on any atom is 0.266 e. The largest absolute Gasteiger partial charge is 0.497 e. The summed E-state index contributed by atoms with van der Waals surface area (Å²) in [5.41, 5.74) is 3.21. The Morgan fingerprint density at radius 3 is 2.68 bits per heavy atom. The highest BCUT2D eigenvalue weighted by molar-refractivity contribution is 8.00. The molecule has 4 aromatic rings. The standard InChI is InChI=1S/C27H25N3O3S/c1-17-15-19-9-4-7-14-24(19)29(17)25(31)18(2)34-27-28-23-13-6-5-12-22(23)26(32)30(27)20-10-8-11-21(16-20)33-3/h4-14,16-18H,15H2,1-3H3/t17-,18+/m1/s1. The molecule has 172 valence electrons. The van der Waals surface area contributed by atoms with Crippen LogP contribution in [0.15, 0.2) is 82.7 Å². The molecule has 2 heterocycles. The van der Waals surface area contributed by atoms with Gasteiger partial charge in [-0.25, -0.2) is 4.98 Å². The molecule has 34 heavy (non-hydrogen) atoms. The fourth-order valence-corrected chi connectivity index (χ4v) is 5.45. The van der Waals surface area contributed by atoms with Gasteiger partial charge in [-0.1, -0.05) is 48.2 Å². The second-order valence-electron chi connectivity index (χ2n) is 8.40. The van der Waals surface area contributed by atoms with Crippen LogP contribution in [0.4, 0.5) is 5.69 Å². The summed E-state index contributed by atoms with van der Waals surface area (Å²) in [5.74, 6) is 0.641. The van der Waals surface area contributed by atoms with Crippen LogP contribution in [0.5, 0.6) is 5.75 Å². The van der Waals surface area contributed by atoms with Gasteiger partial charge in [-0.15, -0.1) is 0 Å². The number of rotatable bonds is 5. The molecule has 0 spiro atoms. The zero-order chi connectivity index (χ0) is 23.8. The Balaban J connectivity index is 1.57. The Kier molecular flexibility index (Phi) is 5.87. The highest BCUT2D eigenvalue weighted by Gasteiger charge is 2.34. The number of methoxy groups -OCH3 is 1. The van der Waals surface area contributed by atoms with E-state index in [0.717, 1.165) is 12.1 Å². The molecule has 3 aromatic carbocycles. The SMILES string of the molecule is COc1cccc(-n2c(S[C@@H](C)C(=O)N3c4ccccc4C[C@H]3C)nc3ccccc3c2=O)c1. The van der Waals surface area contributed by atoms with E-state index in [9.17, 15) is 9.59 Å². The predicted molar refractivity (Wildman–Crippen MR) is 136 cm³/mol. The van der Waals surface area contributed by atoms with Crippen LogP contribution in [0.2, 0.25) is 0 Å². The number of hydrogen-bond donors (Lipinski definition) is 0. The number of fused-ring (bicyclic) bond motifs is 2. The van der Waals surface area contributed by atoms with Gasteiger partial charge in [-0.05, 0) is 56.2 Å². The first-order chi connectivity index (χ1) is 16.5. The third-order valence-corrected chi connectivity index (χ3v) is 7.17. The summed E-state index contributed by atoms with van der Waals surface area (Å²) in [7, 11) is 1.59. The monoisotopic (exact) mass is 471 g/mol. The van der Waals surface area contributed by atoms with E-state index in [2.05, 4.69) is 13.0 Å². The number of carbonyl (C=O) groups is 1. The van der Waals surface area contributed by atoms with Crippen LogP contribution in [0.1, 0.15) is 19.4 Å². The van der Waals surface area contributed by atoms with E-state index in [1.165, 1.54) is 17.3 Å². The van der Waals surface area contributed by atoms with Crippen molar-refractivity contribution in [1.29, 1.82) is 0 Å². The van der Waals surface area contributed by atoms with E-state index in [1.807, 2.05) is 66.4 Å². The Morgan fingerprint density at radius 2 is 1.85 bits per heavy atom. The Morgan fingerprint density at radius 1 is 1.09 bits per heavy atom. The molecule has 0 aliphatic carbocycles. The summed E-state index contributed by atoms with van der Waals surface area (Å²) in [6, 6.07) is 22.7. The van der Waals surface area contributed by atoms with E-state index < -0.39 is 5.25 Å². The zero-order valence-electron chi connectivity index (χ0n) is 19.3. The third kappa shape index (κ3) is 3.86. The summed E-state index contributed by atoms with van der Waals surface area (Å²) in [6.45, 7) is 3.94. The number of para-hydroxylation sites is 2. The van der Waals surface area contributed by atoms with E-state index >= 15 is 0 Å². The highest BCUT2D eigenvalue weighted by atomic mass is 32.2. The molecule has 0 saturated heterocycles. The molecule has 0 unspecified atom stereocenters. The first-order valence-corrected chi connectivity index (χ1v) is 12.1. The zero-order valence-corrected chi connectivity index (χ0v) is 20.1. The van der Waals surface area contributed by atoms with Crippen LogP contribution >= 0.6 is 11.8 Å². The van der Waals surface area contributed by atoms with Crippen LogP contribution in [-0.4, -0.2) is 33.9 Å². The molecule has 2 atom stereocenters. The topological polar surface area (TPSA) is 64.4 Å². The van der Waals surface area contributed by atoms with E-state index in [0.29, 0.717) is 27.5 Å². The van der Waals surface area contributed by atoms with Crippen molar-refractivity contribution < 1.29 is 9.53 Å². The first-order valence-electron chi connectivity index (χ1n) is 11.2. The van der Waals surface area contributed by atoms with Gasteiger partial charge in [0, 0.05) is 17.8 Å². The smallest absolute Gasteiger partial charge is 0.266 e. The molecule has 0 N–H and O–H groups in total. The van der Waals surface area contributed by atoms with Crippen LogP contribution < -0.4 is 15.2 Å². The van der Waals surface area contributed by atoms with Gasteiger partial charge in [-0.3, -0.25) is 14.2 Å². The number of thioether (sulfide) groups is 1. The van der Waals surface area contributed by atoms with Crippen molar-refractivity contribution in [2.75, 3.05) is 12.0 Å². The second-order valence-corrected chi connectivity index (χ2v) is 9.71. The van der Waals surface area contributed by atoms with Gasteiger partial charge in [0.05, 0.1) is 29.0 Å². The molecular formula is C27H25N3O3S. The van der Waals surface area contributed by atoms with Crippen molar-refractivity contribution in [3.8, 4) is 11.4 Å². The molecule has 0 radical (unpaired) electrons. The maximum atomic E-state index is 13.6. The van der Waals surface area contributed by atoms with Crippen molar-refractivity contribution in [2.24, 2.45) is 0 Å². The second kappa shape index (κ2) is 8.99. The molecule has 0 fully saturated rings.